The molecule has 20 heavy (non-hydrogen) atoms. The summed E-state index contributed by atoms with van der Waals surface area (Å²) in [4.78, 5) is 12.5. The van der Waals surface area contributed by atoms with Crippen molar-refractivity contribution < 1.29 is 13.9 Å². The van der Waals surface area contributed by atoms with E-state index < -0.39 is 0 Å². The molecule has 1 heterocycles. The minimum atomic E-state index is -0.0988. The summed E-state index contributed by atoms with van der Waals surface area (Å²) < 4.78 is 10.9. The Morgan fingerprint density at radius 3 is 2.55 bits per heavy atom. The Morgan fingerprint density at radius 2 is 1.85 bits per heavy atom. The van der Waals surface area contributed by atoms with Crippen LogP contribution in [0.2, 0.25) is 0 Å². The highest BCUT2D eigenvalue weighted by Crippen LogP contribution is 2.29. The molecule has 1 aromatic heterocycles. The van der Waals surface area contributed by atoms with E-state index >= 15 is 0 Å². The molecule has 0 unspecified atom stereocenters. The number of ketones is 1. The fraction of sp³-hybridized carbons (Fsp3) is 0.118. The van der Waals surface area contributed by atoms with E-state index in [1.807, 2.05) is 37.3 Å². The second-order valence-corrected chi connectivity index (χ2v) is 4.61. The van der Waals surface area contributed by atoms with E-state index in [1.165, 1.54) is 0 Å². The monoisotopic (exact) mass is 266 g/mol. The smallest absolute Gasteiger partial charge is 0.228 e. The van der Waals surface area contributed by atoms with Gasteiger partial charge in [-0.05, 0) is 19.1 Å². The highest BCUT2D eigenvalue weighted by molar-refractivity contribution is 6.10. The lowest BCUT2D eigenvalue weighted by atomic mass is 10.0. The largest absolute Gasteiger partial charge is 0.497 e. The van der Waals surface area contributed by atoms with Gasteiger partial charge < -0.3 is 9.15 Å². The molecule has 0 amide bonds. The Hall–Kier alpha value is -2.55. The van der Waals surface area contributed by atoms with Crippen LogP contribution in [0.15, 0.2) is 52.9 Å². The molecule has 0 N–H and O–H groups in total. The minimum Gasteiger partial charge on any atom is -0.497 e. The summed E-state index contributed by atoms with van der Waals surface area (Å²) in [6.07, 6.45) is 0. The molecular formula is C17H14O3. The number of carbonyl (C=O) groups is 1. The molecule has 0 atom stereocenters. The Balaban J connectivity index is 2.12. The molecule has 0 aliphatic carbocycles. The topological polar surface area (TPSA) is 39.4 Å². The zero-order valence-corrected chi connectivity index (χ0v) is 11.3. The first-order valence-corrected chi connectivity index (χ1v) is 6.37. The van der Waals surface area contributed by atoms with E-state index in [0.29, 0.717) is 22.7 Å². The Bertz CT molecular complexity index is 770. The van der Waals surface area contributed by atoms with Crippen molar-refractivity contribution in [2.24, 2.45) is 0 Å². The molecule has 0 spiro atoms. The number of rotatable bonds is 3. The third kappa shape index (κ3) is 1.97. The quantitative estimate of drug-likeness (QED) is 0.673. The number of aryl methyl sites for hydroxylation is 1. The van der Waals surface area contributed by atoms with E-state index in [-0.39, 0.29) is 5.78 Å². The number of ether oxygens (including phenoxy) is 1. The van der Waals surface area contributed by atoms with Gasteiger partial charge in [0.15, 0.2) is 5.76 Å². The number of furan rings is 1. The molecule has 3 nitrogen and oxygen atoms in total. The van der Waals surface area contributed by atoms with Crippen molar-refractivity contribution in [1.29, 1.82) is 0 Å². The van der Waals surface area contributed by atoms with Gasteiger partial charge in [-0.3, -0.25) is 4.79 Å². The van der Waals surface area contributed by atoms with Gasteiger partial charge in [0.05, 0.1) is 7.11 Å². The highest BCUT2D eigenvalue weighted by atomic mass is 16.5. The van der Waals surface area contributed by atoms with Gasteiger partial charge in [0.1, 0.15) is 11.3 Å². The molecule has 0 aliphatic heterocycles. The van der Waals surface area contributed by atoms with Crippen molar-refractivity contribution >= 4 is 16.8 Å². The molecule has 0 saturated carbocycles. The van der Waals surface area contributed by atoms with Gasteiger partial charge in [0, 0.05) is 22.6 Å². The SMILES string of the molecule is COc1ccc2c(C)c(C(=O)c3ccccc3)oc2c1. The fourth-order valence-corrected chi connectivity index (χ4v) is 2.27. The first-order valence-electron chi connectivity index (χ1n) is 6.37. The predicted molar refractivity (Wildman–Crippen MR) is 77.4 cm³/mol. The summed E-state index contributed by atoms with van der Waals surface area (Å²) in [7, 11) is 1.60. The summed E-state index contributed by atoms with van der Waals surface area (Å²) in [5.41, 5.74) is 2.15. The van der Waals surface area contributed by atoms with E-state index in [2.05, 4.69) is 0 Å². The first-order chi connectivity index (χ1) is 9.70. The van der Waals surface area contributed by atoms with Gasteiger partial charge in [0.2, 0.25) is 5.78 Å². The Kier molecular flexibility index (Phi) is 3.03. The van der Waals surface area contributed by atoms with E-state index in [9.17, 15) is 4.79 Å². The number of fused-ring (bicyclic) bond motifs is 1. The molecule has 0 bridgehead atoms. The van der Waals surface area contributed by atoms with Gasteiger partial charge >= 0.3 is 0 Å². The van der Waals surface area contributed by atoms with Crippen molar-refractivity contribution in [2.75, 3.05) is 7.11 Å². The average Bonchev–Trinajstić information content (AvgIpc) is 2.84. The number of methoxy groups -OCH3 is 1. The maximum Gasteiger partial charge on any atom is 0.228 e. The van der Waals surface area contributed by atoms with E-state index in [0.717, 1.165) is 10.9 Å². The summed E-state index contributed by atoms with van der Waals surface area (Å²) in [5.74, 6) is 1.00. The summed E-state index contributed by atoms with van der Waals surface area (Å²) in [5, 5.41) is 0.935. The molecule has 2 aromatic carbocycles. The van der Waals surface area contributed by atoms with Crippen LogP contribution in [0, 0.1) is 6.92 Å². The second kappa shape index (κ2) is 4.85. The summed E-state index contributed by atoms with van der Waals surface area (Å²) >= 11 is 0. The van der Waals surface area contributed by atoms with Crippen LogP contribution in [-0.4, -0.2) is 12.9 Å². The van der Waals surface area contributed by atoms with Gasteiger partial charge in [0.25, 0.3) is 0 Å². The normalized spacial score (nSPS) is 10.7. The predicted octanol–water partition coefficient (Wildman–Crippen LogP) is 3.98. The van der Waals surface area contributed by atoms with Crippen LogP contribution in [0.3, 0.4) is 0 Å². The second-order valence-electron chi connectivity index (χ2n) is 4.61. The number of benzene rings is 2. The highest BCUT2D eigenvalue weighted by Gasteiger charge is 2.19. The summed E-state index contributed by atoms with van der Waals surface area (Å²) in [6, 6.07) is 14.7. The van der Waals surface area contributed by atoms with Crippen molar-refractivity contribution in [3.63, 3.8) is 0 Å². The molecule has 0 radical (unpaired) electrons. The molecular weight excluding hydrogens is 252 g/mol. The third-order valence-corrected chi connectivity index (χ3v) is 3.39. The first kappa shape index (κ1) is 12.5. The van der Waals surface area contributed by atoms with Crippen LogP contribution in [0.1, 0.15) is 21.7 Å². The molecule has 100 valence electrons. The lowest BCUT2D eigenvalue weighted by molar-refractivity contribution is 0.101. The molecule has 0 aliphatic rings. The Labute approximate surface area is 116 Å². The molecule has 3 rings (SSSR count). The molecule has 3 heteroatoms. The van der Waals surface area contributed by atoms with Crippen LogP contribution in [0.4, 0.5) is 0 Å². The van der Waals surface area contributed by atoms with Crippen molar-refractivity contribution in [3.8, 4) is 5.75 Å². The maximum atomic E-state index is 12.5. The average molecular weight is 266 g/mol. The van der Waals surface area contributed by atoms with Gasteiger partial charge in [-0.1, -0.05) is 30.3 Å². The van der Waals surface area contributed by atoms with Crippen LogP contribution in [0.5, 0.6) is 5.75 Å². The zero-order chi connectivity index (χ0) is 14.1. The third-order valence-electron chi connectivity index (χ3n) is 3.39. The lowest BCUT2D eigenvalue weighted by Crippen LogP contribution is -2.00. The Morgan fingerprint density at radius 1 is 1.10 bits per heavy atom. The van der Waals surface area contributed by atoms with Crippen LogP contribution < -0.4 is 4.74 Å². The minimum absolute atomic E-state index is 0.0988. The molecule has 0 fully saturated rings. The van der Waals surface area contributed by atoms with Gasteiger partial charge in [-0.25, -0.2) is 0 Å². The van der Waals surface area contributed by atoms with Crippen molar-refractivity contribution in [3.05, 3.63) is 65.4 Å². The van der Waals surface area contributed by atoms with Crippen LogP contribution in [0.25, 0.3) is 11.0 Å². The van der Waals surface area contributed by atoms with E-state index in [1.54, 1.807) is 25.3 Å². The van der Waals surface area contributed by atoms with Gasteiger partial charge in [-0.15, -0.1) is 0 Å². The van der Waals surface area contributed by atoms with E-state index in [4.69, 9.17) is 9.15 Å². The van der Waals surface area contributed by atoms with Crippen LogP contribution in [-0.2, 0) is 0 Å². The van der Waals surface area contributed by atoms with Crippen molar-refractivity contribution in [1.82, 2.24) is 0 Å². The molecule has 3 aromatic rings. The zero-order valence-electron chi connectivity index (χ0n) is 11.3. The standard InChI is InChI=1S/C17H14O3/c1-11-14-9-8-13(19-2)10-15(14)20-17(11)16(18)12-6-4-3-5-7-12/h3-10H,1-2H3. The number of hydrogen-bond acceptors (Lipinski definition) is 3. The number of hydrogen-bond donors (Lipinski definition) is 0. The summed E-state index contributed by atoms with van der Waals surface area (Å²) in [6.45, 7) is 1.90. The lowest BCUT2D eigenvalue weighted by Gasteiger charge is -1.97. The van der Waals surface area contributed by atoms with Crippen LogP contribution >= 0.6 is 0 Å². The molecule has 0 saturated heterocycles. The number of carbonyl (C=O) groups excluding carboxylic acids is 1. The maximum absolute atomic E-state index is 12.5. The van der Waals surface area contributed by atoms with Crippen molar-refractivity contribution in [2.45, 2.75) is 6.92 Å². The van der Waals surface area contributed by atoms with Gasteiger partial charge in [-0.2, -0.15) is 0 Å². The fourth-order valence-electron chi connectivity index (χ4n) is 2.27.